The SMILES string of the molecule is CNCCCCn1ccc2ccc(C#N)cc21. The van der Waals surface area contributed by atoms with Crippen LogP contribution in [0.2, 0.25) is 0 Å². The number of benzene rings is 1. The number of hydrogen-bond donors (Lipinski definition) is 1. The number of nitrogens with zero attached hydrogens (tertiary/aromatic N) is 2. The van der Waals surface area contributed by atoms with Gasteiger partial charge in [-0.3, -0.25) is 0 Å². The first-order valence-electron chi connectivity index (χ1n) is 5.99. The third kappa shape index (κ3) is 2.66. The van der Waals surface area contributed by atoms with Crippen LogP contribution in [-0.4, -0.2) is 18.2 Å². The second kappa shape index (κ2) is 5.51. The van der Waals surface area contributed by atoms with Gasteiger partial charge in [0.25, 0.3) is 0 Å². The van der Waals surface area contributed by atoms with Crippen molar-refractivity contribution in [1.82, 2.24) is 9.88 Å². The van der Waals surface area contributed by atoms with Crippen molar-refractivity contribution < 1.29 is 0 Å². The Kier molecular flexibility index (Phi) is 3.79. The van der Waals surface area contributed by atoms with Crippen LogP contribution in [0.4, 0.5) is 0 Å². The van der Waals surface area contributed by atoms with Gasteiger partial charge in [-0.25, -0.2) is 0 Å². The molecule has 0 aliphatic heterocycles. The average molecular weight is 227 g/mol. The van der Waals surface area contributed by atoms with Gasteiger partial charge in [0, 0.05) is 18.3 Å². The Morgan fingerprint density at radius 1 is 1.29 bits per heavy atom. The summed E-state index contributed by atoms with van der Waals surface area (Å²) in [5.74, 6) is 0. The molecule has 2 rings (SSSR count). The Balaban J connectivity index is 2.14. The highest BCUT2D eigenvalue weighted by molar-refractivity contribution is 5.81. The Morgan fingerprint density at radius 2 is 2.18 bits per heavy atom. The molecule has 2 aromatic rings. The fourth-order valence-corrected chi connectivity index (χ4v) is 2.03. The molecule has 0 fully saturated rings. The summed E-state index contributed by atoms with van der Waals surface area (Å²) in [4.78, 5) is 0. The van der Waals surface area contributed by atoms with Crippen LogP contribution in [0.25, 0.3) is 10.9 Å². The maximum Gasteiger partial charge on any atom is 0.0992 e. The summed E-state index contributed by atoms with van der Waals surface area (Å²) in [5.41, 5.74) is 1.89. The average Bonchev–Trinajstić information content (AvgIpc) is 2.77. The van der Waals surface area contributed by atoms with Crippen LogP contribution < -0.4 is 5.32 Å². The number of aryl methyl sites for hydroxylation is 1. The molecule has 3 heteroatoms. The summed E-state index contributed by atoms with van der Waals surface area (Å²) >= 11 is 0. The second-order valence-corrected chi connectivity index (χ2v) is 4.21. The fourth-order valence-electron chi connectivity index (χ4n) is 2.03. The lowest BCUT2D eigenvalue weighted by atomic mass is 10.2. The smallest absolute Gasteiger partial charge is 0.0992 e. The van der Waals surface area contributed by atoms with Gasteiger partial charge >= 0.3 is 0 Å². The Labute approximate surface area is 102 Å². The lowest BCUT2D eigenvalue weighted by Gasteiger charge is -2.05. The third-order valence-corrected chi connectivity index (χ3v) is 2.98. The topological polar surface area (TPSA) is 40.8 Å². The predicted octanol–water partition coefficient (Wildman–Crippen LogP) is 2.51. The predicted molar refractivity (Wildman–Crippen MR) is 69.8 cm³/mol. The zero-order valence-corrected chi connectivity index (χ0v) is 10.1. The molecule has 1 aromatic heterocycles. The number of rotatable bonds is 5. The van der Waals surface area contributed by atoms with Gasteiger partial charge in [0.05, 0.1) is 11.6 Å². The van der Waals surface area contributed by atoms with Crippen molar-refractivity contribution >= 4 is 10.9 Å². The molecule has 0 saturated carbocycles. The summed E-state index contributed by atoms with van der Waals surface area (Å²) in [5, 5.41) is 13.3. The molecule has 0 radical (unpaired) electrons. The van der Waals surface area contributed by atoms with Crippen molar-refractivity contribution in [1.29, 1.82) is 5.26 Å². The highest BCUT2D eigenvalue weighted by Gasteiger charge is 2.01. The van der Waals surface area contributed by atoms with Crippen molar-refractivity contribution in [2.45, 2.75) is 19.4 Å². The van der Waals surface area contributed by atoms with Crippen LogP contribution in [-0.2, 0) is 6.54 Å². The molecule has 0 atom stereocenters. The minimum atomic E-state index is 0.729. The number of aromatic nitrogens is 1. The Bertz CT molecular complexity index is 534. The van der Waals surface area contributed by atoms with Crippen molar-refractivity contribution in [2.75, 3.05) is 13.6 Å². The molecule has 1 aromatic carbocycles. The molecule has 0 saturated heterocycles. The van der Waals surface area contributed by atoms with E-state index in [0.29, 0.717) is 0 Å². The maximum absolute atomic E-state index is 8.90. The van der Waals surface area contributed by atoms with Crippen LogP contribution >= 0.6 is 0 Å². The van der Waals surface area contributed by atoms with E-state index >= 15 is 0 Å². The minimum Gasteiger partial charge on any atom is -0.347 e. The lowest BCUT2D eigenvalue weighted by molar-refractivity contribution is 0.602. The zero-order chi connectivity index (χ0) is 12.1. The van der Waals surface area contributed by atoms with E-state index in [9.17, 15) is 0 Å². The quantitative estimate of drug-likeness (QED) is 0.797. The van der Waals surface area contributed by atoms with Crippen LogP contribution in [0.3, 0.4) is 0 Å². The molecule has 17 heavy (non-hydrogen) atoms. The van der Waals surface area contributed by atoms with E-state index in [1.807, 2.05) is 25.2 Å². The highest BCUT2D eigenvalue weighted by atomic mass is 14.9. The van der Waals surface area contributed by atoms with Crippen LogP contribution in [0.15, 0.2) is 30.5 Å². The first-order valence-corrected chi connectivity index (χ1v) is 5.99. The van der Waals surface area contributed by atoms with Crippen LogP contribution in [0.5, 0.6) is 0 Å². The minimum absolute atomic E-state index is 0.729. The summed E-state index contributed by atoms with van der Waals surface area (Å²) in [7, 11) is 1.98. The Morgan fingerprint density at radius 3 is 2.94 bits per heavy atom. The summed E-state index contributed by atoms with van der Waals surface area (Å²) < 4.78 is 2.23. The van der Waals surface area contributed by atoms with Gasteiger partial charge in [0.15, 0.2) is 0 Å². The van der Waals surface area contributed by atoms with Crippen molar-refractivity contribution in [3.05, 3.63) is 36.0 Å². The van der Waals surface area contributed by atoms with Gasteiger partial charge in [-0.2, -0.15) is 5.26 Å². The fraction of sp³-hybridized carbons (Fsp3) is 0.357. The number of fused-ring (bicyclic) bond motifs is 1. The first-order chi connectivity index (χ1) is 8.35. The molecule has 0 bridgehead atoms. The maximum atomic E-state index is 8.90. The van der Waals surface area contributed by atoms with E-state index in [1.165, 1.54) is 11.8 Å². The van der Waals surface area contributed by atoms with E-state index in [-0.39, 0.29) is 0 Å². The zero-order valence-electron chi connectivity index (χ0n) is 10.1. The van der Waals surface area contributed by atoms with E-state index < -0.39 is 0 Å². The summed E-state index contributed by atoms with van der Waals surface area (Å²) in [6.07, 6.45) is 4.43. The summed E-state index contributed by atoms with van der Waals surface area (Å²) in [6, 6.07) is 10.1. The van der Waals surface area contributed by atoms with Crippen molar-refractivity contribution in [3.8, 4) is 6.07 Å². The normalized spacial score (nSPS) is 10.6. The number of nitriles is 1. The number of nitrogens with one attached hydrogen (secondary N) is 1. The third-order valence-electron chi connectivity index (χ3n) is 2.98. The molecule has 1 heterocycles. The largest absolute Gasteiger partial charge is 0.347 e. The van der Waals surface area contributed by atoms with Gasteiger partial charge in [-0.05, 0) is 50.0 Å². The molecule has 88 valence electrons. The van der Waals surface area contributed by atoms with Crippen molar-refractivity contribution in [3.63, 3.8) is 0 Å². The van der Waals surface area contributed by atoms with E-state index in [2.05, 4.69) is 28.2 Å². The van der Waals surface area contributed by atoms with Gasteiger partial charge in [-0.1, -0.05) is 6.07 Å². The van der Waals surface area contributed by atoms with Crippen LogP contribution in [0, 0.1) is 11.3 Å². The van der Waals surface area contributed by atoms with Gasteiger partial charge in [0.1, 0.15) is 0 Å². The highest BCUT2D eigenvalue weighted by Crippen LogP contribution is 2.17. The number of hydrogen-bond acceptors (Lipinski definition) is 2. The molecule has 0 unspecified atom stereocenters. The first kappa shape index (κ1) is 11.7. The molecule has 3 nitrogen and oxygen atoms in total. The van der Waals surface area contributed by atoms with Gasteiger partial charge in [-0.15, -0.1) is 0 Å². The van der Waals surface area contributed by atoms with Gasteiger partial charge < -0.3 is 9.88 Å². The molecular weight excluding hydrogens is 210 g/mol. The number of unbranched alkanes of at least 4 members (excludes halogenated alkanes) is 1. The standard InChI is InChI=1S/C14H17N3/c1-16-7-2-3-8-17-9-6-13-5-4-12(11-15)10-14(13)17/h4-6,9-10,16H,2-3,7-8H2,1H3. The lowest BCUT2D eigenvalue weighted by Crippen LogP contribution is -2.08. The molecule has 0 aliphatic rings. The van der Waals surface area contributed by atoms with Gasteiger partial charge in [0.2, 0.25) is 0 Å². The molecular formula is C14H17N3. The summed E-state index contributed by atoms with van der Waals surface area (Å²) in [6.45, 7) is 2.07. The van der Waals surface area contributed by atoms with Crippen molar-refractivity contribution in [2.24, 2.45) is 0 Å². The second-order valence-electron chi connectivity index (χ2n) is 4.21. The van der Waals surface area contributed by atoms with E-state index in [1.54, 1.807) is 0 Å². The van der Waals surface area contributed by atoms with Crippen LogP contribution in [0.1, 0.15) is 18.4 Å². The molecule has 1 N–H and O–H groups in total. The van der Waals surface area contributed by atoms with E-state index in [4.69, 9.17) is 5.26 Å². The Hall–Kier alpha value is -1.79. The molecule has 0 spiro atoms. The molecule has 0 aliphatic carbocycles. The van der Waals surface area contributed by atoms with E-state index in [0.717, 1.165) is 30.6 Å². The monoisotopic (exact) mass is 227 g/mol. The molecule has 0 amide bonds.